The van der Waals surface area contributed by atoms with Crippen LogP contribution in [0.5, 0.6) is 0 Å². The molecular formula is C24H21Cl2N3O3. The SMILES string of the molecule is O=C(NCc1ccco1)c1coc(CN(Cc2ccccc2)Cc2ccc(Cl)c(Cl)c2)n1. The first-order valence-electron chi connectivity index (χ1n) is 10.0. The topological polar surface area (TPSA) is 71.5 Å². The molecule has 2 aromatic carbocycles. The van der Waals surface area contributed by atoms with Gasteiger partial charge in [-0.05, 0) is 35.4 Å². The Morgan fingerprint density at radius 1 is 0.906 bits per heavy atom. The minimum Gasteiger partial charge on any atom is -0.467 e. The van der Waals surface area contributed by atoms with Crippen molar-refractivity contribution in [2.75, 3.05) is 0 Å². The Morgan fingerprint density at radius 3 is 2.47 bits per heavy atom. The second-order valence-corrected chi connectivity index (χ2v) is 8.08. The summed E-state index contributed by atoms with van der Waals surface area (Å²) in [6, 6.07) is 19.2. The maximum absolute atomic E-state index is 12.4. The summed E-state index contributed by atoms with van der Waals surface area (Å²) >= 11 is 12.2. The first kappa shape index (κ1) is 22.1. The average Bonchev–Trinajstić information content (AvgIpc) is 3.48. The third-order valence-electron chi connectivity index (χ3n) is 4.79. The van der Waals surface area contributed by atoms with Crippen LogP contribution in [0.2, 0.25) is 10.0 Å². The summed E-state index contributed by atoms with van der Waals surface area (Å²) in [5.41, 5.74) is 2.38. The highest BCUT2D eigenvalue weighted by Crippen LogP contribution is 2.24. The molecule has 0 aliphatic rings. The van der Waals surface area contributed by atoms with Crippen molar-refractivity contribution in [2.24, 2.45) is 0 Å². The summed E-state index contributed by atoms with van der Waals surface area (Å²) in [5, 5.41) is 3.79. The highest BCUT2D eigenvalue weighted by molar-refractivity contribution is 6.42. The fraction of sp³-hybridized carbons (Fsp3) is 0.167. The van der Waals surface area contributed by atoms with E-state index < -0.39 is 0 Å². The van der Waals surface area contributed by atoms with Crippen LogP contribution in [0.1, 0.15) is 33.3 Å². The largest absolute Gasteiger partial charge is 0.467 e. The van der Waals surface area contributed by atoms with Gasteiger partial charge in [0, 0.05) is 13.1 Å². The standard InChI is InChI=1S/C24H21Cl2N3O3/c25-20-9-8-18(11-21(20)26)14-29(13-17-5-2-1-3-6-17)15-23-28-22(16-32-23)24(30)27-12-19-7-4-10-31-19/h1-11,16H,12-15H2,(H,27,30). The Labute approximate surface area is 195 Å². The molecule has 0 fully saturated rings. The predicted octanol–water partition coefficient (Wildman–Crippen LogP) is 5.71. The van der Waals surface area contributed by atoms with Gasteiger partial charge in [0.05, 0.1) is 29.4 Å². The Hall–Kier alpha value is -3.06. The monoisotopic (exact) mass is 469 g/mol. The number of carbonyl (C=O) groups is 1. The molecule has 0 aliphatic carbocycles. The number of hydrogen-bond acceptors (Lipinski definition) is 5. The van der Waals surface area contributed by atoms with Gasteiger partial charge in [-0.1, -0.05) is 59.6 Å². The van der Waals surface area contributed by atoms with E-state index in [1.807, 2.05) is 30.3 Å². The fourth-order valence-electron chi connectivity index (χ4n) is 3.26. The first-order valence-corrected chi connectivity index (χ1v) is 10.8. The van der Waals surface area contributed by atoms with Gasteiger partial charge in [0.15, 0.2) is 5.69 Å². The smallest absolute Gasteiger partial charge is 0.273 e. The van der Waals surface area contributed by atoms with E-state index >= 15 is 0 Å². The molecule has 0 bridgehead atoms. The Kier molecular flexibility index (Phi) is 7.27. The molecule has 8 heteroatoms. The molecule has 1 amide bonds. The van der Waals surface area contributed by atoms with Gasteiger partial charge < -0.3 is 14.2 Å². The lowest BCUT2D eigenvalue weighted by Gasteiger charge is -2.21. The van der Waals surface area contributed by atoms with E-state index in [-0.39, 0.29) is 18.1 Å². The van der Waals surface area contributed by atoms with Crippen LogP contribution in [0.15, 0.2) is 82.0 Å². The van der Waals surface area contributed by atoms with Crippen molar-refractivity contribution in [3.63, 3.8) is 0 Å². The van der Waals surface area contributed by atoms with E-state index in [9.17, 15) is 4.79 Å². The molecule has 0 atom stereocenters. The van der Waals surface area contributed by atoms with Gasteiger partial charge in [-0.3, -0.25) is 9.69 Å². The summed E-state index contributed by atoms with van der Waals surface area (Å²) in [4.78, 5) is 18.9. The maximum Gasteiger partial charge on any atom is 0.273 e. The second kappa shape index (κ2) is 10.5. The number of carbonyl (C=O) groups excluding carboxylic acids is 1. The molecule has 6 nitrogen and oxygen atoms in total. The molecule has 2 aromatic heterocycles. The maximum atomic E-state index is 12.4. The molecular weight excluding hydrogens is 449 g/mol. The Bertz CT molecular complexity index is 1160. The van der Waals surface area contributed by atoms with Gasteiger partial charge >= 0.3 is 0 Å². The molecule has 164 valence electrons. The molecule has 0 radical (unpaired) electrons. The normalized spacial score (nSPS) is 11.1. The van der Waals surface area contributed by atoms with Crippen LogP contribution in [-0.4, -0.2) is 15.8 Å². The number of rotatable bonds is 9. The van der Waals surface area contributed by atoms with E-state index in [1.165, 1.54) is 6.26 Å². The molecule has 0 saturated heterocycles. The van der Waals surface area contributed by atoms with Crippen molar-refractivity contribution in [3.8, 4) is 0 Å². The quantitative estimate of drug-likeness (QED) is 0.340. The summed E-state index contributed by atoms with van der Waals surface area (Å²) in [7, 11) is 0. The predicted molar refractivity (Wildman–Crippen MR) is 122 cm³/mol. The van der Waals surface area contributed by atoms with E-state index in [4.69, 9.17) is 32.0 Å². The number of hydrogen-bond donors (Lipinski definition) is 1. The number of nitrogens with one attached hydrogen (secondary N) is 1. The lowest BCUT2D eigenvalue weighted by atomic mass is 10.1. The molecule has 1 N–H and O–H groups in total. The van der Waals surface area contributed by atoms with Crippen molar-refractivity contribution in [1.82, 2.24) is 15.2 Å². The summed E-state index contributed by atoms with van der Waals surface area (Å²) in [5.74, 6) is 0.789. The zero-order valence-corrected chi connectivity index (χ0v) is 18.6. The van der Waals surface area contributed by atoms with E-state index in [2.05, 4.69) is 27.3 Å². The van der Waals surface area contributed by atoms with Crippen LogP contribution in [0.4, 0.5) is 0 Å². The fourth-order valence-corrected chi connectivity index (χ4v) is 3.58. The highest BCUT2D eigenvalue weighted by Gasteiger charge is 2.16. The number of aromatic nitrogens is 1. The number of amides is 1. The lowest BCUT2D eigenvalue weighted by Crippen LogP contribution is -2.24. The van der Waals surface area contributed by atoms with Crippen LogP contribution >= 0.6 is 23.2 Å². The summed E-state index contributed by atoms with van der Waals surface area (Å²) < 4.78 is 10.8. The molecule has 4 rings (SSSR count). The Morgan fingerprint density at radius 2 is 1.72 bits per heavy atom. The molecule has 0 aliphatic heterocycles. The zero-order valence-electron chi connectivity index (χ0n) is 17.1. The van der Waals surface area contributed by atoms with Gasteiger partial charge in [0.2, 0.25) is 5.89 Å². The van der Waals surface area contributed by atoms with Crippen LogP contribution in [0.3, 0.4) is 0 Å². The number of furan rings is 1. The molecule has 0 saturated carbocycles. The van der Waals surface area contributed by atoms with Gasteiger partial charge in [-0.25, -0.2) is 4.98 Å². The molecule has 32 heavy (non-hydrogen) atoms. The van der Waals surface area contributed by atoms with E-state index in [0.29, 0.717) is 41.3 Å². The van der Waals surface area contributed by atoms with Crippen LogP contribution in [-0.2, 0) is 26.2 Å². The van der Waals surface area contributed by atoms with E-state index in [0.717, 1.165) is 11.1 Å². The summed E-state index contributed by atoms with van der Waals surface area (Å²) in [6.45, 7) is 1.98. The highest BCUT2D eigenvalue weighted by atomic mass is 35.5. The Balaban J connectivity index is 1.45. The minimum absolute atomic E-state index is 0.223. The van der Waals surface area contributed by atoms with Crippen LogP contribution in [0, 0.1) is 0 Å². The van der Waals surface area contributed by atoms with Crippen LogP contribution in [0.25, 0.3) is 0 Å². The van der Waals surface area contributed by atoms with E-state index in [1.54, 1.807) is 24.5 Å². The van der Waals surface area contributed by atoms with Gasteiger partial charge in [-0.15, -0.1) is 0 Å². The average molecular weight is 470 g/mol. The van der Waals surface area contributed by atoms with Gasteiger partial charge in [-0.2, -0.15) is 0 Å². The van der Waals surface area contributed by atoms with Crippen molar-refractivity contribution < 1.29 is 13.6 Å². The molecule has 0 unspecified atom stereocenters. The second-order valence-electron chi connectivity index (χ2n) is 7.27. The first-order chi connectivity index (χ1) is 15.6. The minimum atomic E-state index is -0.324. The number of nitrogens with zero attached hydrogens (tertiary/aromatic N) is 2. The number of halogens is 2. The number of oxazole rings is 1. The molecule has 4 aromatic rings. The van der Waals surface area contributed by atoms with Crippen LogP contribution < -0.4 is 5.32 Å². The zero-order chi connectivity index (χ0) is 22.3. The van der Waals surface area contributed by atoms with Crippen molar-refractivity contribution in [1.29, 1.82) is 0 Å². The lowest BCUT2D eigenvalue weighted by molar-refractivity contribution is 0.0943. The molecule has 0 spiro atoms. The third kappa shape index (κ3) is 6.01. The van der Waals surface area contributed by atoms with Gasteiger partial charge in [0.1, 0.15) is 12.0 Å². The molecule has 2 heterocycles. The summed E-state index contributed by atoms with van der Waals surface area (Å²) in [6.07, 6.45) is 2.93. The third-order valence-corrected chi connectivity index (χ3v) is 5.52. The van der Waals surface area contributed by atoms with Gasteiger partial charge in [0.25, 0.3) is 5.91 Å². The number of benzene rings is 2. The van der Waals surface area contributed by atoms with Crippen molar-refractivity contribution in [3.05, 3.63) is 112 Å². The van der Waals surface area contributed by atoms with Crippen molar-refractivity contribution in [2.45, 2.75) is 26.2 Å². The van der Waals surface area contributed by atoms with Crippen molar-refractivity contribution >= 4 is 29.1 Å².